The normalized spacial score (nSPS) is 16.5. The fourth-order valence-corrected chi connectivity index (χ4v) is 4.21. The molecule has 2 heterocycles. The molecule has 0 spiro atoms. The van der Waals surface area contributed by atoms with Crippen LogP contribution in [0, 0.1) is 11.6 Å². The third-order valence-corrected chi connectivity index (χ3v) is 6.40. The number of nitrogens with one attached hydrogen (secondary N) is 1. The maximum Gasteiger partial charge on any atom is 0.214 e. The first-order chi connectivity index (χ1) is 14.9. The third-order valence-electron chi connectivity index (χ3n) is 6.40. The van der Waals surface area contributed by atoms with Crippen LogP contribution in [0.15, 0.2) is 48.5 Å². The zero-order valence-corrected chi connectivity index (χ0v) is 18.2. The van der Waals surface area contributed by atoms with Gasteiger partial charge in [-0.05, 0) is 67.1 Å². The molecule has 1 atom stereocenters. The number of aromatic nitrogens is 4. The Labute approximate surface area is 181 Å². The van der Waals surface area contributed by atoms with E-state index in [0.717, 1.165) is 30.9 Å². The molecule has 2 aromatic carbocycles. The second kappa shape index (κ2) is 8.70. The SMILES string of the molecule is CCC(C)(C)n1nnnc1[C@H](c1ccc(F)cc1)[NH+]1CCN(c2ccccc2F)CC1. The van der Waals surface area contributed by atoms with E-state index in [4.69, 9.17) is 0 Å². The minimum absolute atomic E-state index is 0.135. The van der Waals surface area contributed by atoms with Gasteiger partial charge in [0.2, 0.25) is 5.82 Å². The highest BCUT2D eigenvalue weighted by Gasteiger charge is 2.37. The van der Waals surface area contributed by atoms with Crippen LogP contribution in [0.5, 0.6) is 0 Å². The van der Waals surface area contributed by atoms with E-state index in [1.54, 1.807) is 6.07 Å². The lowest BCUT2D eigenvalue weighted by atomic mass is 9.99. The molecule has 164 valence electrons. The molecule has 31 heavy (non-hydrogen) atoms. The highest BCUT2D eigenvalue weighted by atomic mass is 19.1. The molecule has 6 nitrogen and oxygen atoms in total. The van der Waals surface area contributed by atoms with Crippen LogP contribution in [-0.4, -0.2) is 46.4 Å². The van der Waals surface area contributed by atoms with Crippen molar-refractivity contribution in [2.45, 2.75) is 38.8 Å². The molecule has 1 aliphatic heterocycles. The van der Waals surface area contributed by atoms with Gasteiger partial charge in [0.1, 0.15) is 11.6 Å². The molecule has 1 fully saturated rings. The molecule has 0 amide bonds. The molecule has 0 radical (unpaired) electrons. The predicted molar refractivity (Wildman–Crippen MR) is 115 cm³/mol. The van der Waals surface area contributed by atoms with Gasteiger partial charge in [-0.15, -0.1) is 5.10 Å². The number of piperazine rings is 1. The van der Waals surface area contributed by atoms with Gasteiger partial charge < -0.3 is 9.80 Å². The summed E-state index contributed by atoms with van der Waals surface area (Å²) in [5.41, 5.74) is 1.36. The van der Waals surface area contributed by atoms with Crippen molar-refractivity contribution in [2.24, 2.45) is 0 Å². The summed E-state index contributed by atoms with van der Waals surface area (Å²) >= 11 is 0. The van der Waals surface area contributed by atoms with Crippen molar-refractivity contribution in [2.75, 3.05) is 31.1 Å². The summed E-state index contributed by atoms with van der Waals surface area (Å²) in [7, 11) is 0. The molecular formula is C23H29F2N6+. The lowest BCUT2D eigenvalue weighted by Gasteiger charge is -2.38. The van der Waals surface area contributed by atoms with Crippen molar-refractivity contribution in [3.63, 3.8) is 0 Å². The zero-order valence-electron chi connectivity index (χ0n) is 18.2. The van der Waals surface area contributed by atoms with Crippen molar-refractivity contribution in [1.82, 2.24) is 20.2 Å². The van der Waals surface area contributed by atoms with Gasteiger partial charge in [0.15, 0.2) is 6.04 Å². The molecule has 0 aliphatic carbocycles. The van der Waals surface area contributed by atoms with Gasteiger partial charge in [-0.25, -0.2) is 13.5 Å². The minimum atomic E-state index is -0.268. The monoisotopic (exact) mass is 427 g/mol. The van der Waals surface area contributed by atoms with Crippen LogP contribution >= 0.6 is 0 Å². The quantitative estimate of drug-likeness (QED) is 0.657. The maximum atomic E-state index is 14.3. The third kappa shape index (κ3) is 4.30. The lowest BCUT2D eigenvalue weighted by molar-refractivity contribution is -0.927. The number of rotatable bonds is 6. The summed E-state index contributed by atoms with van der Waals surface area (Å²) in [6, 6.07) is 13.3. The molecule has 0 unspecified atom stereocenters. The Morgan fingerprint density at radius 2 is 1.71 bits per heavy atom. The fourth-order valence-electron chi connectivity index (χ4n) is 4.21. The van der Waals surface area contributed by atoms with Crippen LogP contribution in [-0.2, 0) is 5.54 Å². The zero-order chi connectivity index (χ0) is 22.0. The van der Waals surface area contributed by atoms with E-state index < -0.39 is 0 Å². The van der Waals surface area contributed by atoms with Crippen LogP contribution in [0.1, 0.15) is 44.6 Å². The molecule has 4 rings (SSSR count). The first-order valence-electron chi connectivity index (χ1n) is 10.8. The molecule has 3 aromatic rings. The van der Waals surface area contributed by atoms with Crippen LogP contribution in [0.2, 0.25) is 0 Å². The lowest BCUT2D eigenvalue weighted by Crippen LogP contribution is -3.15. The Balaban J connectivity index is 1.65. The van der Waals surface area contributed by atoms with Gasteiger partial charge in [-0.2, -0.15) is 0 Å². The Bertz CT molecular complexity index is 1010. The summed E-state index contributed by atoms with van der Waals surface area (Å²) < 4.78 is 29.8. The summed E-state index contributed by atoms with van der Waals surface area (Å²) in [5.74, 6) is 0.304. The largest absolute Gasteiger partial charge is 0.358 e. The molecule has 1 aromatic heterocycles. The van der Waals surface area contributed by atoms with Gasteiger partial charge in [0, 0.05) is 5.56 Å². The number of para-hydroxylation sites is 1. The number of anilines is 1. The van der Waals surface area contributed by atoms with E-state index in [9.17, 15) is 8.78 Å². The number of hydrogen-bond donors (Lipinski definition) is 1. The summed E-state index contributed by atoms with van der Waals surface area (Å²) in [5, 5.41) is 12.7. The van der Waals surface area contributed by atoms with Crippen molar-refractivity contribution < 1.29 is 13.7 Å². The van der Waals surface area contributed by atoms with E-state index >= 15 is 0 Å². The Morgan fingerprint density at radius 3 is 2.35 bits per heavy atom. The van der Waals surface area contributed by atoms with E-state index in [1.165, 1.54) is 23.1 Å². The van der Waals surface area contributed by atoms with Crippen LogP contribution in [0.4, 0.5) is 14.5 Å². The predicted octanol–water partition coefficient (Wildman–Crippen LogP) is 2.59. The summed E-state index contributed by atoms with van der Waals surface area (Å²) in [6.07, 6.45) is 0.873. The Kier molecular flexibility index (Phi) is 6.00. The van der Waals surface area contributed by atoms with Crippen molar-refractivity contribution in [3.05, 3.63) is 71.6 Å². The van der Waals surface area contributed by atoms with Gasteiger partial charge >= 0.3 is 0 Å². The second-order valence-electron chi connectivity index (χ2n) is 8.70. The van der Waals surface area contributed by atoms with E-state index in [1.807, 2.05) is 28.9 Å². The number of hydrogen-bond acceptors (Lipinski definition) is 4. The molecular weight excluding hydrogens is 398 g/mol. The topological polar surface area (TPSA) is 51.3 Å². The van der Waals surface area contributed by atoms with E-state index in [2.05, 4.69) is 41.2 Å². The van der Waals surface area contributed by atoms with Crippen molar-refractivity contribution in [3.8, 4) is 0 Å². The first-order valence-corrected chi connectivity index (χ1v) is 10.8. The minimum Gasteiger partial charge on any atom is -0.358 e. The number of quaternary nitrogens is 1. The number of tetrazole rings is 1. The van der Waals surface area contributed by atoms with Crippen LogP contribution in [0.3, 0.4) is 0 Å². The fraction of sp³-hybridized carbons (Fsp3) is 0.435. The smallest absolute Gasteiger partial charge is 0.214 e. The van der Waals surface area contributed by atoms with Gasteiger partial charge in [0.25, 0.3) is 0 Å². The maximum absolute atomic E-state index is 14.3. The van der Waals surface area contributed by atoms with Crippen LogP contribution < -0.4 is 9.80 Å². The average molecular weight is 428 g/mol. The molecule has 1 aliphatic rings. The van der Waals surface area contributed by atoms with Crippen LogP contribution in [0.25, 0.3) is 0 Å². The summed E-state index contributed by atoms with van der Waals surface area (Å²) in [6.45, 7) is 9.34. The van der Waals surface area contributed by atoms with Crippen molar-refractivity contribution in [1.29, 1.82) is 0 Å². The Morgan fingerprint density at radius 1 is 1.03 bits per heavy atom. The Hall–Kier alpha value is -2.87. The molecule has 1 saturated heterocycles. The molecule has 0 saturated carbocycles. The second-order valence-corrected chi connectivity index (χ2v) is 8.70. The van der Waals surface area contributed by atoms with E-state index in [-0.39, 0.29) is 23.2 Å². The molecule has 0 bridgehead atoms. The van der Waals surface area contributed by atoms with E-state index in [0.29, 0.717) is 18.8 Å². The standard InChI is InChI=1S/C23H28F2N6/c1-4-23(2,3)31-22(26-27-28-31)21(17-9-11-18(24)12-10-17)30-15-13-29(14-16-30)20-8-6-5-7-19(20)25/h5-12,21H,4,13-16H2,1-3H3/p+1/t21-/m0/s1. The first kappa shape index (κ1) is 21.4. The molecule has 1 N–H and O–H groups in total. The van der Waals surface area contributed by atoms with Gasteiger partial charge in [-0.1, -0.05) is 19.1 Å². The molecule has 8 heteroatoms. The average Bonchev–Trinajstić information content (AvgIpc) is 3.27. The highest BCUT2D eigenvalue weighted by Crippen LogP contribution is 2.25. The number of halogens is 2. The summed E-state index contributed by atoms with van der Waals surface area (Å²) in [4.78, 5) is 3.36. The number of benzene rings is 2. The number of nitrogens with zero attached hydrogens (tertiary/aromatic N) is 5. The highest BCUT2D eigenvalue weighted by molar-refractivity contribution is 5.47. The van der Waals surface area contributed by atoms with Gasteiger partial charge in [0.05, 0.1) is 37.4 Å². The van der Waals surface area contributed by atoms with Crippen molar-refractivity contribution >= 4 is 5.69 Å². The van der Waals surface area contributed by atoms with Gasteiger partial charge in [-0.3, -0.25) is 0 Å².